The lowest BCUT2D eigenvalue weighted by molar-refractivity contribution is -0.139. The quantitative estimate of drug-likeness (QED) is 0.558. The minimum Gasteiger partial charge on any atom is -0.478 e. The summed E-state index contributed by atoms with van der Waals surface area (Å²) >= 11 is 11.7. The molecule has 2 heterocycles. The van der Waals surface area contributed by atoms with Crippen LogP contribution in [0.4, 0.5) is 18.9 Å². The number of hydrogen-bond donors (Lipinski definition) is 1. The molecular weight excluding hydrogens is 466 g/mol. The second kappa shape index (κ2) is 8.33. The second-order valence-corrected chi connectivity index (χ2v) is 8.70. The number of anilines is 1. The summed E-state index contributed by atoms with van der Waals surface area (Å²) in [7, 11) is 0. The molecule has 1 fully saturated rings. The predicted molar refractivity (Wildman–Crippen MR) is 118 cm³/mol. The minimum absolute atomic E-state index is 0.0420. The van der Waals surface area contributed by atoms with Crippen molar-refractivity contribution in [1.82, 2.24) is 4.90 Å². The Bertz CT molecular complexity index is 1100. The first-order valence-corrected chi connectivity index (χ1v) is 10.5. The fourth-order valence-electron chi connectivity index (χ4n) is 4.02. The fraction of sp³-hybridized carbons (Fsp3) is 0.273. The predicted octanol–water partition coefficient (Wildman–Crippen LogP) is 6.09. The molecule has 2 aromatic rings. The lowest BCUT2D eigenvalue weighted by Crippen LogP contribution is -2.57. The highest BCUT2D eigenvalue weighted by Crippen LogP contribution is 2.39. The molecule has 32 heavy (non-hydrogen) atoms. The van der Waals surface area contributed by atoms with Crippen LogP contribution in [0.5, 0.6) is 0 Å². The summed E-state index contributed by atoms with van der Waals surface area (Å²) in [5, 5.41) is 15.8. The number of aromatic carboxylic acids is 1. The van der Waals surface area contributed by atoms with Crippen molar-refractivity contribution >= 4 is 47.3 Å². The van der Waals surface area contributed by atoms with E-state index in [0.29, 0.717) is 17.2 Å². The standard InChI is InChI=1S/C22H18Cl2F3N3O2/c1-12-10-29-11-28-30(20(12)29)19-5-3-13(6-17(19)21(31)32)2-4-18(22(25,26)27)14-7-15(23)9-16(24)8-14/h2-9,11-12,18,20H,10H2,1H3,(H,31,32)/b4-2+. The Morgan fingerprint density at radius 3 is 2.50 bits per heavy atom. The van der Waals surface area contributed by atoms with E-state index in [-0.39, 0.29) is 27.3 Å². The van der Waals surface area contributed by atoms with E-state index in [1.807, 2.05) is 11.8 Å². The van der Waals surface area contributed by atoms with E-state index in [0.717, 1.165) is 12.6 Å². The molecule has 0 spiro atoms. The summed E-state index contributed by atoms with van der Waals surface area (Å²) in [6, 6.07) is 8.24. The highest BCUT2D eigenvalue weighted by molar-refractivity contribution is 6.34. The number of carboxylic acids is 1. The van der Waals surface area contributed by atoms with Crippen LogP contribution in [-0.4, -0.2) is 41.2 Å². The Balaban J connectivity index is 1.66. The second-order valence-electron chi connectivity index (χ2n) is 7.83. The third-order valence-electron chi connectivity index (χ3n) is 5.50. The molecule has 0 radical (unpaired) electrons. The maximum atomic E-state index is 13.7. The van der Waals surface area contributed by atoms with E-state index >= 15 is 0 Å². The van der Waals surface area contributed by atoms with Gasteiger partial charge in [-0.1, -0.05) is 48.3 Å². The van der Waals surface area contributed by atoms with Crippen LogP contribution in [0.2, 0.25) is 10.0 Å². The largest absolute Gasteiger partial charge is 0.478 e. The number of hydrazone groups is 1. The Labute approximate surface area is 192 Å². The molecule has 1 saturated heterocycles. The van der Waals surface area contributed by atoms with Gasteiger partial charge in [0.05, 0.1) is 17.2 Å². The number of carbonyl (C=O) groups is 1. The summed E-state index contributed by atoms with van der Waals surface area (Å²) in [6.45, 7) is 2.88. The lowest BCUT2D eigenvalue weighted by atomic mass is 9.96. The maximum Gasteiger partial charge on any atom is 0.399 e. The molecule has 2 aliphatic heterocycles. The van der Waals surface area contributed by atoms with Crippen LogP contribution in [0.15, 0.2) is 47.6 Å². The van der Waals surface area contributed by atoms with Gasteiger partial charge in [-0.3, -0.25) is 0 Å². The third-order valence-corrected chi connectivity index (χ3v) is 5.93. The van der Waals surface area contributed by atoms with Gasteiger partial charge in [0.25, 0.3) is 0 Å². The van der Waals surface area contributed by atoms with Gasteiger partial charge in [0.1, 0.15) is 12.5 Å². The summed E-state index contributed by atoms with van der Waals surface area (Å²) in [4.78, 5) is 13.9. The zero-order valence-electron chi connectivity index (χ0n) is 16.7. The van der Waals surface area contributed by atoms with Gasteiger partial charge in [0, 0.05) is 22.5 Å². The van der Waals surface area contributed by atoms with Crippen molar-refractivity contribution in [2.45, 2.75) is 25.2 Å². The number of halogens is 5. The van der Waals surface area contributed by atoms with Crippen molar-refractivity contribution in [3.8, 4) is 0 Å². The van der Waals surface area contributed by atoms with E-state index in [4.69, 9.17) is 23.2 Å². The van der Waals surface area contributed by atoms with Gasteiger partial charge in [-0.05, 0) is 41.5 Å². The van der Waals surface area contributed by atoms with Gasteiger partial charge in [-0.2, -0.15) is 18.3 Å². The SMILES string of the molecule is CC1CN2C=NN(c3ccc(/C=C/C(c4cc(Cl)cc(Cl)c4)C(F)(F)F)cc3C(=O)O)C12. The average Bonchev–Trinajstić information content (AvgIpc) is 3.02. The van der Waals surface area contributed by atoms with Crippen LogP contribution >= 0.6 is 23.2 Å². The van der Waals surface area contributed by atoms with E-state index in [2.05, 4.69) is 5.10 Å². The highest BCUT2D eigenvalue weighted by atomic mass is 35.5. The van der Waals surface area contributed by atoms with E-state index in [9.17, 15) is 23.1 Å². The molecule has 0 saturated carbocycles. The fourth-order valence-corrected chi connectivity index (χ4v) is 4.56. The lowest BCUT2D eigenvalue weighted by Gasteiger charge is -2.44. The van der Waals surface area contributed by atoms with Crippen LogP contribution in [0.25, 0.3) is 6.08 Å². The Morgan fingerprint density at radius 2 is 1.91 bits per heavy atom. The number of carboxylic acid groups (broad SMARTS) is 1. The molecule has 10 heteroatoms. The first-order valence-electron chi connectivity index (χ1n) is 9.72. The highest BCUT2D eigenvalue weighted by Gasteiger charge is 2.43. The smallest absolute Gasteiger partial charge is 0.399 e. The molecule has 3 atom stereocenters. The summed E-state index contributed by atoms with van der Waals surface area (Å²) in [6.07, 6.45) is -0.777. The zero-order valence-corrected chi connectivity index (χ0v) is 18.2. The number of nitrogens with zero attached hydrogens (tertiary/aromatic N) is 3. The zero-order chi connectivity index (χ0) is 23.2. The van der Waals surface area contributed by atoms with Gasteiger partial charge in [0.15, 0.2) is 0 Å². The first kappa shape index (κ1) is 22.5. The topological polar surface area (TPSA) is 56.1 Å². The average molecular weight is 484 g/mol. The van der Waals surface area contributed by atoms with E-state index in [1.54, 1.807) is 23.5 Å². The Hall–Kier alpha value is -2.71. The molecule has 0 aliphatic carbocycles. The normalized spacial score (nSPS) is 21.1. The van der Waals surface area contributed by atoms with Gasteiger partial charge in [-0.25, -0.2) is 9.80 Å². The van der Waals surface area contributed by atoms with Crippen LogP contribution in [-0.2, 0) is 0 Å². The molecule has 3 unspecified atom stereocenters. The molecule has 168 valence electrons. The van der Waals surface area contributed by atoms with Crippen molar-refractivity contribution in [3.05, 3.63) is 69.2 Å². The number of hydrogen-bond acceptors (Lipinski definition) is 4. The molecule has 1 N–H and O–H groups in total. The molecular formula is C22H18Cl2F3N3O2. The van der Waals surface area contributed by atoms with Crippen molar-refractivity contribution in [2.75, 3.05) is 11.6 Å². The molecule has 2 aliphatic rings. The van der Waals surface area contributed by atoms with Crippen molar-refractivity contribution < 1.29 is 23.1 Å². The molecule has 4 rings (SSSR count). The van der Waals surface area contributed by atoms with Crippen molar-refractivity contribution in [2.24, 2.45) is 11.0 Å². The summed E-state index contributed by atoms with van der Waals surface area (Å²) < 4.78 is 41.1. The molecule has 0 amide bonds. The number of allylic oxidation sites excluding steroid dienone is 1. The number of alkyl halides is 3. The van der Waals surface area contributed by atoms with Crippen LogP contribution in [0.1, 0.15) is 34.3 Å². The summed E-state index contributed by atoms with van der Waals surface area (Å²) in [5.41, 5.74) is 0.556. The number of fused-ring (bicyclic) bond motifs is 1. The van der Waals surface area contributed by atoms with Gasteiger partial charge in [0.2, 0.25) is 0 Å². The Morgan fingerprint density at radius 1 is 1.22 bits per heavy atom. The van der Waals surface area contributed by atoms with Gasteiger partial charge >= 0.3 is 12.1 Å². The monoisotopic (exact) mass is 483 g/mol. The van der Waals surface area contributed by atoms with Crippen LogP contribution in [0, 0.1) is 5.92 Å². The Kier molecular flexibility index (Phi) is 5.85. The molecule has 0 aromatic heterocycles. The summed E-state index contributed by atoms with van der Waals surface area (Å²) in [5.74, 6) is -2.85. The number of rotatable bonds is 5. The molecule has 5 nitrogen and oxygen atoms in total. The van der Waals surface area contributed by atoms with Crippen molar-refractivity contribution in [3.63, 3.8) is 0 Å². The molecule has 2 aromatic carbocycles. The van der Waals surface area contributed by atoms with Crippen molar-refractivity contribution in [1.29, 1.82) is 0 Å². The third kappa shape index (κ3) is 4.29. The first-order chi connectivity index (χ1) is 15.0. The van der Waals surface area contributed by atoms with Crippen LogP contribution < -0.4 is 5.01 Å². The van der Waals surface area contributed by atoms with Crippen LogP contribution in [0.3, 0.4) is 0 Å². The molecule has 0 bridgehead atoms. The number of benzene rings is 2. The van der Waals surface area contributed by atoms with E-state index in [1.165, 1.54) is 30.3 Å². The maximum absolute atomic E-state index is 13.7. The van der Waals surface area contributed by atoms with Gasteiger partial charge in [-0.15, -0.1) is 0 Å². The van der Waals surface area contributed by atoms with E-state index < -0.39 is 18.1 Å². The van der Waals surface area contributed by atoms with Gasteiger partial charge < -0.3 is 10.0 Å². The minimum atomic E-state index is -4.59.